The topological polar surface area (TPSA) is 75.3 Å². The molecule has 1 amide bonds. The molecular weight excluding hydrogens is 248 g/mol. The van der Waals surface area contributed by atoms with Crippen LogP contribution < -0.4 is 11.1 Å². The number of primary amides is 1. The fourth-order valence-electron chi connectivity index (χ4n) is 2.92. The van der Waals surface area contributed by atoms with Crippen LogP contribution in [0, 0.1) is 5.92 Å². The summed E-state index contributed by atoms with van der Waals surface area (Å²) in [5, 5.41) is 12.5. The van der Waals surface area contributed by atoms with Crippen LogP contribution in [-0.4, -0.2) is 41.2 Å². The van der Waals surface area contributed by atoms with Crippen molar-refractivity contribution < 1.29 is 9.90 Å². The minimum absolute atomic E-state index is 0.207. The highest BCUT2D eigenvalue weighted by Gasteiger charge is 2.45. The molecule has 3 atom stereocenters. The minimum atomic E-state index is -0.485. The van der Waals surface area contributed by atoms with E-state index >= 15 is 0 Å². The third-order valence-electron chi connectivity index (χ3n) is 4.11. The first-order valence-electron chi connectivity index (χ1n) is 6.78. The average Bonchev–Trinajstić information content (AvgIpc) is 2.73. The van der Waals surface area contributed by atoms with Crippen LogP contribution in [0.4, 0.5) is 0 Å². The number of hydrogen-bond acceptors (Lipinski definition) is 4. The quantitative estimate of drug-likeness (QED) is 0.620. The van der Waals surface area contributed by atoms with Gasteiger partial charge in [0.2, 0.25) is 5.91 Å². The summed E-state index contributed by atoms with van der Waals surface area (Å²) in [4.78, 5) is 11.7. The number of aliphatic hydroxyl groups is 1. The van der Waals surface area contributed by atoms with Crippen molar-refractivity contribution in [2.45, 2.75) is 49.8 Å². The smallest absolute Gasteiger partial charge is 0.238 e. The number of hydrogen-bond donors (Lipinski definition) is 3. The van der Waals surface area contributed by atoms with Crippen LogP contribution in [-0.2, 0) is 4.79 Å². The number of carbonyl (C=O) groups is 1. The van der Waals surface area contributed by atoms with Gasteiger partial charge in [-0.1, -0.05) is 13.3 Å². The Balaban J connectivity index is 2.43. The van der Waals surface area contributed by atoms with E-state index in [1.165, 1.54) is 0 Å². The van der Waals surface area contributed by atoms with E-state index in [2.05, 4.69) is 12.2 Å². The lowest BCUT2D eigenvalue weighted by Gasteiger charge is -2.32. The first kappa shape index (κ1) is 15.8. The first-order chi connectivity index (χ1) is 8.56. The number of aliphatic hydroxyl groups excluding tert-OH is 1. The van der Waals surface area contributed by atoms with Crippen LogP contribution in [0.5, 0.6) is 0 Å². The fraction of sp³-hybridized carbons (Fsp3) is 0.923. The van der Waals surface area contributed by atoms with Crippen LogP contribution in [0.1, 0.15) is 39.0 Å². The molecule has 0 aliphatic heterocycles. The summed E-state index contributed by atoms with van der Waals surface area (Å²) in [6.45, 7) is 2.38. The largest absolute Gasteiger partial charge is 0.396 e. The Morgan fingerprint density at radius 1 is 1.67 bits per heavy atom. The predicted molar refractivity (Wildman–Crippen MR) is 76.6 cm³/mol. The Bertz CT molecular complexity index is 276. The highest BCUT2D eigenvalue weighted by atomic mass is 32.2. The normalized spacial score (nSPS) is 29.4. The molecular formula is C13H26N2O2S. The van der Waals surface area contributed by atoms with Crippen LogP contribution in [0.3, 0.4) is 0 Å². The van der Waals surface area contributed by atoms with E-state index in [1.54, 1.807) is 0 Å². The van der Waals surface area contributed by atoms with Gasteiger partial charge in [0.15, 0.2) is 0 Å². The molecule has 1 saturated carbocycles. The second-order valence-electron chi connectivity index (χ2n) is 5.16. The van der Waals surface area contributed by atoms with Gasteiger partial charge in [0.25, 0.3) is 0 Å². The lowest BCUT2D eigenvalue weighted by atomic mass is 9.84. The molecule has 5 heteroatoms. The molecule has 1 fully saturated rings. The second kappa shape index (κ2) is 7.36. The van der Waals surface area contributed by atoms with E-state index < -0.39 is 5.54 Å². The lowest BCUT2D eigenvalue weighted by molar-refractivity contribution is -0.125. The van der Waals surface area contributed by atoms with Crippen molar-refractivity contribution in [1.82, 2.24) is 5.32 Å². The van der Waals surface area contributed by atoms with Gasteiger partial charge >= 0.3 is 0 Å². The SMILES string of the molecule is CNC1(C(N)=O)CCCC1CCSC(C)CCO. The summed E-state index contributed by atoms with van der Waals surface area (Å²) in [6.07, 6.45) is 4.87. The van der Waals surface area contributed by atoms with Crippen LogP contribution in [0.2, 0.25) is 0 Å². The number of carbonyl (C=O) groups excluding carboxylic acids is 1. The standard InChI is InChI=1S/C13H26N2O2S/c1-10(5-8-16)18-9-6-11-4-3-7-13(11,15-2)12(14)17/h10-11,15-16H,3-9H2,1-2H3,(H2,14,17). The van der Waals surface area contributed by atoms with Crippen molar-refractivity contribution in [3.63, 3.8) is 0 Å². The van der Waals surface area contributed by atoms with Crippen molar-refractivity contribution in [1.29, 1.82) is 0 Å². The van der Waals surface area contributed by atoms with Crippen LogP contribution >= 0.6 is 11.8 Å². The zero-order valence-corrected chi connectivity index (χ0v) is 12.3. The molecule has 0 spiro atoms. The van der Waals surface area contributed by atoms with Crippen molar-refractivity contribution in [3.8, 4) is 0 Å². The molecule has 18 heavy (non-hydrogen) atoms. The molecule has 4 N–H and O–H groups in total. The Hall–Kier alpha value is -0.260. The Kier molecular flexibility index (Phi) is 6.46. The van der Waals surface area contributed by atoms with Crippen molar-refractivity contribution in [3.05, 3.63) is 0 Å². The maximum atomic E-state index is 11.7. The Morgan fingerprint density at radius 3 is 2.94 bits per heavy atom. The number of amides is 1. The Morgan fingerprint density at radius 2 is 2.39 bits per heavy atom. The second-order valence-corrected chi connectivity index (χ2v) is 6.70. The molecule has 1 rings (SSSR count). The van der Waals surface area contributed by atoms with Crippen LogP contribution in [0.15, 0.2) is 0 Å². The number of rotatable bonds is 8. The van der Waals surface area contributed by atoms with Crippen molar-refractivity contribution in [2.75, 3.05) is 19.4 Å². The van der Waals surface area contributed by atoms with E-state index in [0.717, 1.165) is 37.9 Å². The molecule has 0 saturated heterocycles. The molecule has 1 aliphatic carbocycles. The van der Waals surface area contributed by atoms with Crippen LogP contribution in [0.25, 0.3) is 0 Å². The number of thioether (sulfide) groups is 1. The summed E-state index contributed by atoms with van der Waals surface area (Å²) in [5.41, 5.74) is 5.09. The molecule has 3 unspecified atom stereocenters. The third kappa shape index (κ3) is 3.62. The maximum absolute atomic E-state index is 11.7. The van der Waals surface area contributed by atoms with E-state index in [1.807, 2.05) is 18.8 Å². The first-order valence-corrected chi connectivity index (χ1v) is 7.83. The van der Waals surface area contributed by atoms with Gasteiger partial charge in [-0.2, -0.15) is 11.8 Å². The van der Waals surface area contributed by atoms with Gasteiger partial charge in [0.1, 0.15) is 5.54 Å². The van der Waals surface area contributed by atoms with Gasteiger partial charge in [0, 0.05) is 11.9 Å². The fourth-order valence-corrected chi connectivity index (χ4v) is 4.02. The van der Waals surface area contributed by atoms with Gasteiger partial charge < -0.3 is 16.2 Å². The summed E-state index contributed by atoms with van der Waals surface area (Å²) >= 11 is 1.87. The molecule has 0 heterocycles. The van der Waals surface area contributed by atoms with Gasteiger partial charge in [-0.05, 0) is 44.4 Å². The molecule has 4 nitrogen and oxygen atoms in total. The Labute approximate surface area is 114 Å². The number of nitrogens with one attached hydrogen (secondary N) is 1. The minimum Gasteiger partial charge on any atom is -0.396 e. The lowest BCUT2D eigenvalue weighted by Crippen LogP contribution is -2.56. The van der Waals surface area contributed by atoms with E-state index in [9.17, 15) is 4.79 Å². The van der Waals surface area contributed by atoms with Crippen molar-refractivity contribution >= 4 is 17.7 Å². The summed E-state index contributed by atoms with van der Waals surface area (Å²) in [7, 11) is 1.84. The summed E-state index contributed by atoms with van der Waals surface area (Å²) in [5.74, 6) is 1.18. The molecule has 0 bridgehead atoms. The molecule has 106 valence electrons. The highest BCUT2D eigenvalue weighted by molar-refractivity contribution is 7.99. The van der Waals surface area contributed by atoms with Gasteiger partial charge in [0.05, 0.1) is 0 Å². The molecule has 0 aromatic rings. The van der Waals surface area contributed by atoms with E-state index in [4.69, 9.17) is 10.8 Å². The maximum Gasteiger partial charge on any atom is 0.238 e. The monoisotopic (exact) mass is 274 g/mol. The zero-order valence-electron chi connectivity index (χ0n) is 11.4. The highest BCUT2D eigenvalue weighted by Crippen LogP contribution is 2.38. The van der Waals surface area contributed by atoms with Gasteiger partial charge in [-0.3, -0.25) is 4.79 Å². The average molecular weight is 274 g/mol. The zero-order chi connectivity index (χ0) is 13.6. The molecule has 1 aliphatic rings. The number of nitrogens with two attached hydrogens (primary N) is 1. The molecule has 0 radical (unpaired) electrons. The van der Waals surface area contributed by atoms with E-state index in [-0.39, 0.29) is 12.5 Å². The summed E-state index contributed by atoms with van der Waals surface area (Å²) < 4.78 is 0. The number of likely N-dealkylation sites (N-methyl/N-ethyl adjacent to an activating group) is 1. The van der Waals surface area contributed by atoms with Crippen molar-refractivity contribution in [2.24, 2.45) is 11.7 Å². The third-order valence-corrected chi connectivity index (χ3v) is 5.39. The predicted octanol–water partition coefficient (Wildman–Crippen LogP) is 1.12. The molecule has 0 aromatic carbocycles. The van der Waals surface area contributed by atoms with Gasteiger partial charge in [-0.15, -0.1) is 0 Å². The molecule has 0 aromatic heterocycles. The summed E-state index contributed by atoms with van der Waals surface area (Å²) in [6, 6.07) is 0. The van der Waals surface area contributed by atoms with Gasteiger partial charge in [-0.25, -0.2) is 0 Å². The van der Waals surface area contributed by atoms with E-state index in [0.29, 0.717) is 11.2 Å².